The molecule has 0 radical (unpaired) electrons. The van der Waals surface area contributed by atoms with Crippen molar-refractivity contribution in [3.63, 3.8) is 0 Å². The Kier molecular flexibility index (Phi) is 4.37. The molecular weight excluding hydrogens is 320 g/mol. The largest absolute Gasteiger partial charge is 0.385 e. The summed E-state index contributed by atoms with van der Waals surface area (Å²) in [6, 6.07) is 5.37. The van der Waals surface area contributed by atoms with Gasteiger partial charge in [-0.05, 0) is 24.6 Å². The van der Waals surface area contributed by atoms with Crippen LogP contribution in [-0.4, -0.2) is 15.2 Å². The van der Waals surface area contributed by atoms with E-state index in [0.29, 0.717) is 28.7 Å². The highest BCUT2D eigenvalue weighted by Gasteiger charge is 2.17. The first-order chi connectivity index (χ1) is 8.61. The van der Waals surface area contributed by atoms with Gasteiger partial charge in [0.15, 0.2) is 0 Å². The van der Waals surface area contributed by atoms with E-state index >= 15 is 0 Å². The number of aliphatic hydroxyl groups is 1. The molecule has 0 amide bonds. The quantitative estimate of drug-likeness (QED) is 0.920. The minimum atomic E-state index is -0.696. The molecule has 0 fully saturated rings. The molecule has 0 aliphatic rings. The number of aromatic nitrogens is 2. The van der Waals surface area contributed by atoms with Crippen LogP contribution in [0.1, 0.15) is 31.7 Å². The monoisotopic (exact) mass is 330 g/mol. The van der Waals surface area contributed by atoms with E-state index in [4.69, 9.17) is 16.1 Å². The van der Waals surface area contributed by atoms with Crippen molar-refractivity contribution < 1.29 is 9.63 Å². The number of nitrogens with zero attached hydrogens (tertiary/aromatic N) is 2. The molecule has 1 aromatic carbocycles. The van der Waals surface area contributed by atoms with Crippen LogP contribution in [0.15, 0.2) is 27.2 Å². The van der Waals surface area contributed by atoms with Crippen LogP contribution in [0.5, 0.6) is 0 Å². The first-order valence-electron chi connectivity index (χ1n) is 5.59. The molecular formula is C12H12BrClN2O2. The lowest BCUT2D eigenvalue weighted by Crippen LogP contribution is -1.98. The average Bonchev–Trinajstić information content (AvgIpc) is 2.82. The Balaban J connectivity index is 2.32. The third-order valence-electron chi connectivity index (χ3n) is 2.46. The van der Waals surface area contributed by atoms with Gasteiger partial charge >= 0.3 is 0 Å². The fraction of sp³-hybridized carbons (Fsp3) is 0.333. The minimum absolute atomic E-state index is 0.294. The molecule has 0 aliphatic carbocycles. The fourth-order valence-corrected chi connectivity index (χ4v) is 2.10. The summed E-state index contributed by atoms with van der Waals surface area (Å²) in [6.07, 6.45) is 0.756. The second kappa shape index (κ2) is 5.82. The van der Waals surface area contributed by atoms with Crippen LogP contribution in [0.2, 0.25) is 5.02 Å². The van der Waals surface area contributed by atoms with Crippen LogP contribution < -0.4 is 0 Å². The second-order valence-electron chi connectivity index (χ2n) is 3.89. The maximum Gasteiger partial charge on any atom is 0.259 e. The number of aliphatic hydroxyl groups excluding tert-OH is 1. The second-order valence-corrected chi connectivity index (χ2v) is 5.21. The fourth-order valence-electron chi connectivity index (χ4n) is 1.54. The van der Waals surface area contributed by atoms with Gasteiger partial charge < -0.3 is 9.63 Å². The van der Waals surface area contributed by atoms with E-state index in [1.54, 1.807) is 12.1 Å². The van der Waals surface area contributed by atoms with E-state index in [1.165, 1.54) is 0 Å². The Morgan fingerprint density at radius 3 is 3.00 bits per heavy atom. The predicted molar refractivity (Wildman–Crippen MR) is 72.3 cm³/mol. The van der Waals surface area contributed by atoms with E-state index in [1.807, 2.05) is 13.0 Å². The Labute approximate surface area is 118 Å². The number of halogens is 2. The summed E-state index contributed by atoms with van der Waals surface area (Å²) in [7, 11) is 0. The molecule has 1 heterocycles. The number of rotatable bonds is 4. The Morgan fingerprint density at radius 1 is 1.50 bits per heavy atom. The standard InChI is InChI=1S/C12H12BrClN2O2/c1-2-3-10(17)11-15-12(18-16-11)8-6-7(13)4-5-9(8)14/h4-6,10,17H,2-3H2,1H3. The van der Waals surface area contributed by atoms with Crippen molar-refractivity contribution in [1.29, 1.82) is 0 Å². The van der Waals surface area contributed by atoms with Crippen molar-refractivity contribution in [3.8, 4) is 11.5 Å². The van der Waals surface area contributed by atoms with Crippen molar-refractivity contribution >= 4 is 27.5 Å². The summed E-state index contributed by atoms with van der Waals surface area (Å²) in [5, 5.41) is 14.1. The highest BCUT2D eigenvalue weighted by Crippen LogP contribution is 2.30. The first-order valence-corrected chi connectivity index (χ1v) is 6.76. The van der Waals surface area contributed by atoms with Crippen LogP contribution in [0, 0.1) is 0 Å². The summed E-state index contributed by atoms with van der Waals surface area (Å²) < 4.78 is 6.00. The van der Waals surface area contributed by atoms with E-state index in [0.717, 1.165) is 10.9 Å². The molecule has 2 aromatic rings. The normalized spacial score (nSPS) is 12.7. The predicted octanol–water partition coefficient (Wildman–Crippen LogP) is 3.99. The topological polar surface area (TPSA) is 59.2 Å². The van der Waals surface area contributed by atoms with Gasteiger partial charge in [0.1, 0.15) is 6.10 Å². The lowest BCUT2D eigenvalue weighted by Gasteiger charge is -2.01. The van der Waals surface area contributed by atoms with Gasteiger partial charge in [-0.1, -0.05) is 46.0 Å². The van der Waals surface area contributed by atoms with Gasteiger partial charge in [0.2, 0.25) is 5.82 Å². The van der Waals surface area contributed by atoms with Crippen LogP contribution >= 0.6 is 27.5 Å². The first kappa shape index (κ1) is 13.5. The molecule has 1 unspecified atom stereocenters. The maximum atomic E-state index is 9.78. The highest BCUT2D eigenvalue weighted by atomic mass is 79.9. The van der Waals surface area contributed by atoms with E-state index < -0.39 is 6.10 Å². The summed E-state index contributed by atoms with van der Waals surface area (Å²) in [6.45, 7) is 1.98. The van der Waals surface area contributed by atoms with Gasteiger partial charge in [0.05, 0.1) is 10.6 Å². The Hall–Kier alpha value is -0.910. The molecule has 1 atom stereocenters. The van der Waals surface area contributed by atoms with Gasteiger partial charge in [-0.3, -0.25) is 0 Å². The zero-order valence-corrected chi connectivity index (χ0v) is 12.1. The summed E-state index contributed by atoms with van der Waals surface area (Å²) >= 11 is 9.43. The smallest absolute Gasteiger partial charge is 0.259 e. The van der Waals surface area contributed by atoms with E-state index in [-0.39, 0.29) is 0 Å². The van der Waals surface area contributed by atoms with Gasteiger partial charge in [-0.2, -0.15) is 4.98 Å². The number of benzene rings is 1. The summed E-state index contributed by atoms with van der Waals surface area (Å²) in [5.74, 6) is 0.606. The number of hydrogen-bond donors (Lipinski definition) is 1. The van der Waals surface area contributed by atoms with Crippen molar-refractivity contribution in [2.24, 2.45) is 0 Å². The molecule has 4 nitrogen and oxygen atoms in total. The van der Waals surface area contributed by atoms with E-state index in [9.17, 15) is 5.11 Å². The van der Waals surface area contributed by atoms with E-state index in [2.05, 4.69) is 26.1 Å². The van der Waals surface area contributed by atoms with Gasteiger partial charge in [-0.15, -0.1) is 0 Å². The molecule has 18 heavy (non-hydrogen) atoms. The van der Waals surface area contributed by atoms with Gasteiger partial charge in [-0.25, -0.2) is 0 Å². The van der Waals surface area contributed by atoms with Gasteiger partial charge in [0, 0.05) is 4.47 Å². The third-order valence-corrected chi connectivity index (χ3v) is 3.28. The molecule has 96 valence electrons. The maximum absolute atomic E-state index is 9.78. The number of hydrogen-bond acceptors (Lipinski definition) is 4. The molecule has 6 heteroatoms. The zero-order valence-electron chi connectivity index (χ0n) is 9.73. The Bertz CT molecular complexity index is 545. The van der Waals surface area contributed by atoms with Crippen LogP contribution in [0.25, 0.3) is 11.5 Å². The molecule has 0 saturated carbocycles. The highest BCUT2D eigenvalue weighted by molar-refractivity contribution is 9.10. The molecule has 0 saturated heterocycles. The van der Waals surface area contributed by atoms with Gasteiger partial charge in [0.25, 0.3) is 5.89 Å². The summed E-state index contributed by atoms with van der Waals surface area (Å²) in [4.78, 5) is 4.17. The van der Waals surface area contributed by atoms with Crippen molar-refractivity contribution in [1.82, 2.24) is 10.1 Å². The average molecular weight is 332 g/mol. The lowest BCUT2D eigenvalue weighted by molar-refractivity contribution is 0.153. The zero-order chi connectivity index (χ0) is 13.1. The molecule has 1 aromatic heterocycles. The molecule has 0 aliphatic heterocycles. The van der Waals surface area contributed by atoms with Crippen LogP contribution in [0.4, 0.5) is 0 Å². The van der Waals surface area contributed by atoms with Crippen molar-refractivity contribution in [2.45, 2.75) is 25.9 Å². The Morgan fingerprint density at radius 2 is 2.28 bits per heavy atom. The minimum Gasteiger partial charge on any atom is -0.385 e. The summed E-state index contributed by atoms with van der Waals surface area (Å²) in [5.41, 5.74) is 0.647. The van der Waals surface area contributed by atoms with Crippen molar-refractivity contribution in [2.75, 3.05) is 0 Å². The SMILES string of the molecule is CCCC(O)c1noc(-c2cc(Br)ccc2Cl)n1. The third kappa shape index (κ3) is 2.91. The lowest BCUT2D eigenvalue weighted by atomic mass is 10.2. The molecule has 1 N–H and O–H groups in total. The molecule has 0 spiro atoms. The van der Waals surface area contributed by atoms with Crippen LogP contribution in [-0.2, 0) is 0 Å². The van der Waals surface area contributed by atoms with Crippen molar-refractivity contribution in [3.05, 3.63) is 33.5 Å². The molecule has 2 rings (SSSR count). The molecule has 0 bridgehead atoms. The van der Waals surface area contributed by atoms with Crippen LogP contribution in [0.3, 0.4) is 0 Å².